The maximum atomic E-state index is 11.6. The van der Waals surface area contributed by atoms with Crippen molar-refractivity contribution < 1.29 is 14.7 Å². The molecule has 104 valence electrons. The monoisotopic (exact) mass is 321 g/mol. The topological polar surface area (TPSA) is 57.6 Å². The van der Waals surface area contributed by atoms with Gasteiger partial charge in [0.05, 0.1) is 5.75 Å². The summed E-state index contributed by atoms with van der Waals surface area (Å²) in [7, 11) is 1.46. The van der Waals surface area contributed by atoms with Crippen LogP contribution in [0.5, 0.6) is 0 Å². The quantitative estimate of drug-likeness (QED) is 0.875. The molecule has 1 rings (SSSR count). The van der Waals surface area contributed by atoms with E-state index in [9.17, 15) is 9.59 Å². The van der Waals surface area contributed by atoms with E-state index >= 15 is 0 Å². The molecule has 0 radical (unpaired) electrons. The Balaban J connectivity index is 2.41. The summed E-state index contributed by atoms with van der Waals surface area (Å²) in [6.45, 7) is -0.291. The highest BCUT2D eigenvalue weighted by Gasteiger charge is 2.12. The van der Waals surface area contributed by atoms with Gasteiger partial charge in [-0.15, -0.1) is 11.8 Å². The molecule has 1 N–H and O–H groups in total. The van der Waals surface area contributed by atoms with Gasteiger partial charge in [0.2, 0.25) is 5.91 Å². The smallest absolute Gasteiger partial charge is 0.323 e. The van der Waals surface area contributed by atoms with Gasteiger partial charge in [-0.25, -0.2) is 0 Å². The van der Waals surface area contributed by atoms with E-state index in [0.717, 1.165) is 5.56 Å². The summed E-state index contributed by atoms with van der Waals surface area (Å²) in [6, 6.07) is 5.20. The van der Waals surface area contributed by atoms with Gasteiger partial charge in [0.25, 0.3) is 0 Å². The minimum atomic E-state index is -1.03. The zero-order valence-electron chi connectivity index (χ0n) is 10.2. The van der Waals surface area contributed by atoms with Crippen LogP contribution >= 0.6 is 35.0 Å². The minimum Gasteiger partial charge on any atom is -0.480 e. The second-order valence-electron chi connectivity index (χ2n) is 3.87. The van der Waals surface area contributed by atoms with Crippen LogP contribution < -0.4 is 0 Å². The number of hydrogen-bond donors (Lipinski definition) is 1. The average Bonchev–Trinajstić information content (AvgIpc) is 2.30. The van der Waals surface area contributed by atoms with Crippen molar-refractivity contribution in [2.75, 3.05) is 19.3 Å². The van der Waals surface area contributed by atoms with Crippen molar-refractivity contribution >= 4 is 46.8 Å². The first-order valence-corrected chi connectivity index (χ1v) is 7.28. The number of carboxylic acid groups (broad SMARTS) is 1. The molecule has 7 heteroatoms. The Morgan fingerprint density at radius 2 is 2.05 bits per heavy atom. The highest BCUT2D eigenvalue weighted by atomic mass is 35.5. The fraction of sp³-hybridized carbons (Fsp3) is 0.333. The average molecular weight is 322 g/mol. The summed E-state index contributed by atoms with van der Waals surface area (Å²) in [5.74, 6) is -0.468. The number of amides is 1. The van der Waals surface area contributed by atoms with Gasteiger partial charge in [-0.3, -0.25) is 9.59 Å². The van der Waals surface area contributed by atoms with Crippen molar-refractivity contribution in [3.8, 4) is 0 Å². The van der Waals surface area contributed by atoms with Gasteiger partial charge in [0, 0.05) is 22.8 Å². The molecule has 0 saturated carbocycles. The molecule has 0 spiro atoms. The zero-order chi connectivity index (χ0) is 14.4. The third-order valence-electron chi connectivity index (χ3n) is 2.30. The van der Waals surface area contributed by atoms with Crippen molar-refractivity contribution in [1.29, 1.82) is 0 Å². The molecule has 0 atom stereocenters. The van der Waals surface area contributed by atoms with Crippen LogP contribution in [0.1, 0.15) is 5.56 Å². The SMILES string of the molecule is CN(CC(=O)O)C(=O)CSCc1ccc(Cl)cc1Cl. The molecule has 0 aliphatic carbocycles. The first-order valence-electron chi connectivity index (χ1n) is 5.37. The molecule has 0 bridgehead atoms. The fourth-order valence-electron chi connectivity index (χ4n) is 1.29. The Kier molecular flexibility index (Phi) is 6.48. The first kappa shape index (κ1) is 16.1. The lowest BCUT2D eigenvalue weighted by atomic mass is 10.2. The second kappa shape index (κ2) is 7.62. The highest BCUT2D eigenvalue weighted by molar-refractivity contribution is 7.99. The summed E-state index contributed by atoms with van der Waals surface area (Å²) in [6.07, 6.45) is 0. The molecule has 1 aromatic rings. The van der Waals surface area contributed by atoms with E-state index in [1.807, 2.05) is 6.07 Å². The summed E-state index contributed by atoms with van der Waals surface area (Å²) >= 11 is 13.2. The van der Waals surface area contributed by atoms with Crippen molar-refractivity contribution in [2.24, 2.45) is 0 Å². The molecule has 0 unspecified atom stereocenters. The number of hydrogen-bond acceptors (Lipinski definition) is 3. The highest BCUT2D eigenvalue weighted by Crippen LogP contribution is 2.24. The lowest BCUT2D eigenvalue weighted by Crippen LogP contribution is -2.33. The van der Waals surface area contributed by atoms with Crippen molar-refractivity contribution in [3.05, 3.63) is 33.8 Å². The molecule has 0 saturated heterocycles. The van der Waals surface area contributed by atoms with Crippen molar-refractivity contribution in [3.63, 3.8) is 0 Å². The van der Waals surface area contributed by atoms with E-state index in [1.165, 1.54) is 23.7 Å². The molecule has 1 amide bonds. The number of nitrogens with zero attached hydrogens (tertiary/aromatic N) is 1. The lowest BCUT2D eigenvalue weighted by molar-refractivity contribution is -0.142. The Labute approximate surface area is 125 Å². The summed E-state index contributed by atoms with van der Waals surface area (Å²) < 4.78 is 0. The molecule has 0 aliphatic heterocycles. The summed E-state index contributed by atoms with van der Waals surface area (Å²) in [4.78, 5) is 23.2. The zero-order valence-corrected chi connectivity index (χ0v) is 12.6. The molecular formula is C12H13Cl2NO3S. The Bertz CT molecular complexity index is 482. The van der Waals surface area contributed by atoms with Crippen LogP contribution in [0, 0.1) is 0 Å². The van der Waals surface area contributed by atoms with Crippen LogP contribution in [-0.4, -0.2) is 41.2 Å². The third kappa shape index (κ3) is 5.72. The third-order valence-corrected chi connectivity index (χ3v) is 3.85. The van der Waals surface area contributed by atoms with Gasteiger partial charge in [-0.2, -0.15) is 0 Å². The van der Waals surface area contributed by atoms with Crippen LogP contribution in [0.4, 0.5) is 0 Å². The van der Waals surface area contributed by atoms with Crippen LogP contribution in [0.2, 0.25) is 10.0 Å². The number of benzene rings is 1. The van der Waals surface area contributed by atoms with Gasteiger partial charge in [0.15, 0.2) is 0 Å². The van der Waals surface area contributed by atoms with E-state index < -0.39 is 5.97 Å². The number of likely N-dealkylation sites (N-methyl/N-ethyl adjacent to an activating group) is 1. The van der Waals surface area contributed by atoms with Crippen LogP contribution in [0.25, 0.3) is 0 Å². The molecule has 19 heavy (non-hydrogen) atoms. The number of carboxylic acids is 1. The standard InChI is InChI=1S/C12H13Cl2NO3S/c1-15(5-12(17)18)11(16)7-19-6-8-2-3-9(13)4-10(8)14/h2-4H,5-7H2,1H3,(H,17,18). The molecule has 0 aliphatic rings. The molecule has 4 nitrogen and oxygen atoms in total. The maximum Gasteiger partial charge on any atom is 0.323 e. The summed E-state index contributed by atoms with van der Waals surface area (Å²) in [5, 5.41) is 9.70. The van der Waals surface area contributed by atoms with Gasteiger partial charge < -0.3 is 10.0 Å². The lowest BCUT2D eigenvalue weighted by Gasteiger charge is -2.14. The van der Waals surface area contributed by atoms with Gasteiger partial charge in [-0.1, -0.05) is 29.3 Å². The van der Waals surface area contributed by atoms with E-state index in [0.29, 0.717) is 15.8 Å². The molecular weight excluding hydrogens is 309 g/mol. The Hall–Kier alpha value is -0.910. The normalized spacial score (nSPS) is 10.3. The maximum absolute atomic E-state index is 11.6. The predicted octanol–water partition coefficient (Wildman–Crippen LogP) is 2.77. The van der Waals surface area contributed by atoms with Gasteiger partial charge in [-0.05, 0) is 17.7 Å². The second-order valence-corrected chi connectivity index (χ2v) is 5.70. The number of halogens is 2. The van der Waals surface area contributed by atoms with Crippen LogP contribution in [-0.2, 0) is 15.3 Å². The molecule has 0 aromatic heterocycles. The minimum absolute atomic E-state index is 0.211. The number of thioether (sulfide) groups is 1. The Morgan fingerprint density at radius 3 is 2.63 bits per heavy atom. The van der Waals surface area contributed by atoms with E-state index in [-0.39, 0.29) is 18.2 Å². The van der Waals surface area contributed by atoms with Crippen LogP contribution in [0.3, 0.4) is 0 Å². The van der Waals surface area contributed by atoms with Crippen molar-refractivity contribution in [1.82, 2.24) is 4.90 Å². The largest absolute Gasteiger partial charge is 0.480 e. The van der Waals surface area contributed by atoms with Crippen LogP contribution in [0.15, 0.2) is 18.2 Å². The van der Waals surface area contributed by atoms with Crippen molar-refractivity contribution in [2.45, 2.75) is 5.75 Å². The molecule has 1 aromatic carbocycles. The van der Waals surface area contributed by atoms with E-state index in [4.69, 9.17) is 28.3 Å². The van der Waals surface area contributed by atoms with E-state index in [2.05, 4.69) is 0 Å². The predicted molar refractivity (Wildman–Crippen MR) is 77.9 cm³/mol. The van der Waals surface area contributed by atoms with Gasteiger partial charge in [0.1, 0.15) is 6.54 Å². The molecule has 0 heterocycles. The van der Waals surface area contributed by atoms with E-state index in [1.54, 1.807) is 12.1 Å². The summed E-state index contributed by atoms with van der Waals surface area (Å²) in [5.41, 5.74) is 0.893. The first-order chi connectivity index (χ1) is 8.90. The number of aliphatic carboxylic acids is 1. The number of carbonyl (C=O) groups is 2. The molecule has 0 fully saturated rings. The van der Waals surface area contributed by atoms with Gasteiger partial charge >= 0.3 is 5.97 Å². The Morgan fingerprint density at radius 1 is 1.37 bits per heavy atom. The number of carbonyl (C=O) groups excluding carboxylic acids is 1. The fourth-order valence-corrected chi connectivity index (χ4v) is 2.81. The number of rotatable bonds is 6.